The molecule has 1 aliphatic heterocycles. The Bertz CT molecular complexity index is 1270. The molecule has 1 saturated heterocycles. The SMILES string of the molecule is O=C(COc1ccc(Cl)cc1)N1CCN(c2ncnc3oc(-c4ccc(F)cc4)nc23)CC1. The summed E-state index contributed by atoms with van der Waals surface area (Å²) >= 11 is 5.87. The molecule has 8 nitrogen and oxygen atoms in total. The Labute approximate surface area is 193 Å². The average Bonchev–Trinajstić information content (AvgIpc) is 3.28. The molecule has 4 aromatic rings. The first-order valence-corrected chi connectivity index (χ1v) is 10.7. The van der Waals surface area contributed by atoms with Crippen molar-refractivity contribution >= 4 is 34.6 Å². The highest BCUT2D eigenvalue weighted by Crippen LogP contribution is 2.28. The van der Waals surface area contributed by atoms with Gasteiger partial charge in [-0.25, -0.2) is 14.4 Å². The van der Waals surface area contributed by atoms with Crippen molar-refractivity contribution in [2.45, 2.75) is 0 Å². The fourth-order valence-corrected chi connectivity index (χ4v) is 3.75. The lowest BCUT2D eigenvalue weighted by atomic mass is 10.2. The minimum Gasteiger partial charge on any atom is -0.484 e. The zero-order valence-corrected chi connectivity index (χ0v) is 18.2. The van der Waals surface area contributed by atoms with Crippen molar-refractivity contribution in [3.63, 3.8) is 0 Å². The second-order valence-electron chi connectivity index (χ2n) is 7.49. The van der Waals surface area contributed by atoms with Crippen molar-refractivity contribution in [1.82, 2.24) is 19.9 Å². The Kier molecular flexibility index (Phi) is 5.78. The number of rotatable bonds is 5. The monoisotopic (exact) mass is 467 g/mol. The van der Waals surface area contributed by atoms with Gasteiger partial charge in [0, 0.05) is 36.8 Å². The van der Waals surface area contributed by atoms with E-state index in [-0.39, 0.29) is 18.3 Å². The quantitative estimate of drug-likeness (QED) is 0.441. The number of amides is 1. The summed E-state index contributed by atoms with van der Waals surface area (Å²) < 4.78 is 24.6. The Morgan fingerprint density at radius 2 is 1.76 bits per heavy atom. The molecule has 1 fully saturated rings. The summed E-state index contributed by atoms with van der Waals surface area (Å²) in [5.74, 6) is 1.16. The van der Waals surface area contributed by atoms with Crippen molar-refractivity contribution < 1.29 is 18.3 Å². The van der Waals surface area contributed by atoms with E-state index in [4.69, 9.17) is 20.8 Å². The molecule has 0 spiro atoms. The number of ether oxygens (including phenoxy) is 1. The molecular formula is C23H19ClFN5O3. The second-order valence-corrected chi connectivity index (χ2v) is 7.92. The van der Waals surface area contributed by atoms with Crippen LogP contribution in [0.1, 0.15) is 0 Å². The van der Waals surface area contributed by atoms with E-state index in [2.05, 4.69) is 15.0 Å². The number of piperazine rings is 1. The van der Waals surface area contributed by atoms with E-state index in [1.165, 1.54) is 18.5 Å². The molecule has 0 bridgehead atoms. The second kappa shape index (κ2) is 9.03. The summed E-state index contributed by atoms with van der Waals surface area (Å²) in [4.78, 5) is 29.5. The number of nitrogens with zero attached hydrogens (tertiary/aromatic N) is 5. The van der Waals surface area contributed by atoms with E-state index in [1.807, 2.05) is 4.90 Å². The van der Waals surface area contributed by atoms with Crippen LogP contribution >= 0.6 is 11.6 Å². The number of hydrogen-bond donors (Lipinski definition) is 0. The molecular weight excluding hydrogens is 449 g/mol. The van der Waals surface area contributed by atoms with Gasteiger partial charge in [-0.05, 0) is 48.5 Å². The smallest absolute Gasteiger partial charge is 0.260 e. The van der Waals surface area contributed by atoms with E-state index in [9.17, 15) is 9.18 Å². The van der Waals surface area contributed by atoms with Crippen LogP contribution in [-0.2, 0) is 4.79 Å². The van der Waals surface area contributed by atoms with Gasteiger partial charge in [0.25, 0.3) is 11.6 Å². The lowest BCUT2D eigenvalue weighted by molar-refractivity contribution is -0.133. The van der Waals surface area contributed by atoms with Gasteiger partial charge < -0.3 is 19.0 Å². The number of carbonyl (C=O) groups is 1. The fraction of sp³-hybridized carbons (Fsp3) is 0.217. The number of aromatic nitrogens is 3. The number of benzene rings is 2. The molecule has 0 radical (unpaired) electrons. The first kappa shape index (κ1) is 21.1. The van der Waals surface area contributed by atoms with E-state index in [1.54, 1.807) is 41.3 Å². The minimum atomic E-state index is -0.332. The topological polar surface area (TPSA) is 84.6 Å². The highest BCUT2D eigenvalue weighted by molar-refractivity contribution is 6.30. The van der Waals surface area contributed by atoms with Crippen LogP contribution in [0.5, 0.6) is 5.75 Å². The minimum absolute atomic E-state index is 0.0380. The zero-order chi connectivity index (χ0) is 22.8. The van der Waals surface area contributed by atoms with Crippen LogP contribution in [-0.4, -0.2) is 58.5 Å². The Balaban J connectivity index is 1.25. The normalized spacial score (nSPS) is 14.0. The van der Waals surface area contributed by atoms with E-state index < -0.39 is 0 Å². The molecule has 3 heterocycles. The van der Waals surface area contributed by atoms with E-state index >= 15 is 0 Å². The first-order valence-electron chi connectivity index (χ1n) is 10.4. The van der Waals surface area contributed by atoms with Gasteiger partial charge in [-0.15, -0.1) is 0 Å². The summed E-state index contributed by atoms with van der Waals surface area (Å²) in [6.45, 7) is 2.17. The lowest BCUT2D eigenvalue weighted by Crippen LogP contribution is -2.50. The van der Waals surface area contributed by atoms with Gasteiger partial charge in [0.05, 0.1) is 0 Å². The van der Waals surface area contributed by atoms with Crippen LogP contribution in [0.2, 0.25) is 5.02 Å². The van der Waals surface area contributed by atoms with Crippen LogP contribution in [0, 0.1) is 5.82 Å². The van der Waals surface area contributed by atoms with Crippen LogP contribution in [0.3, 0.4) is 0 Å². The molecule has 1 aliphatic rings. The maximum Gasteiger partial charge on any atom is 0.260 e. The van der Waals surface area contributed by atoms with Gasteiger partial charge in [0.1, 0.15) is 17.9 Å². The standard InChI is InChI=1S/C23H19ClFN5O3/c24-16-3-7-18(8-4-16)32-13-19(31)29-9-11-30(12-10-29)21-20-23(27-14-26-21)33-22(28-20)15-1-5-17(25)6-2-15/h1-8,14H,9-13H2. The van der Waals surface area contributed by atoms with Crippen LogP contribution in [0.4, 0.5) is 10.2 Å². The molecule has 10 heteroatoms. The summed E-state index contributed by atoms with van der Waals surface area (Å²) in [5, 5.41) is 0.612. The van der Waals surface area contributed by atoms with E-state index in [0.717, 1.165) is 0 Å². The molecule has 0 atom stereocenters. The molecule has 5 rings (SSSR count). The highest BCUT2D eigenvalue weighted by atomic mass is 35.5. The highest BCUT2D eigenvalue weighted by Gasteiger charge is 2.25. The molecule has 0 saturated carbocycles. The van der Waals surface area contributed by atoms with Crippen LogP contribution in [0.15, 0.2) is 59.3 Å². The summed E-state index contributed by atoms with van der Waals surface area (Å²) in [7, 11) is 0. The number of fused-ring (bicyclic) bond motifs is 1. The van der Waals surface area contributed by atoms with Gasteiger partial charge in [0.2, 0.25) is 5.89 Å². The molecule has 1 amide bonds. The van der Waals surface area contributed by atoms with E-state index in [0.29, 0.717) is 65.5 Å². The largest absolute Gasteiger partial charge is 0.484 e. The first-order chi connectivity index (χ1) is 16.1. The Morgan fingerprint density at radius 3 is 2.48 bits per heavy atom. The van der Waals surface area contributed by atoms with Gasteiger partial charge >= 0.3 is 0 Å². The third-order valence-electron chi connectivity index (χ3n) is 5.38. The molecule has 2 aromatic heterocycles. The lowest BCUT2D eigenvalue weighted by Gasteiger charge is -2.35. The average molecular weight is 468 g/mol. The number of carbonyl (C=O) groups excluding carboxylic acids is 1. The molecule has 33 heavy (non-hydrogen) atoms. The van der Waals surface area contributed by atoms with Crippen LogP contribution in [0.25, 0.3) is 22.7 Å². The summed E-state index contributed by atoms with van der Waals surface area (Å²) in [6.07, 6.45) is 1.43. The number of anilines is 1. The van der Waals surface area contributed by atoms with Crippen LogP contribution < -0.4 is 9.64 Å². The Morgan fingerprint density at radius 1 is 1.03 bits per heavy atom. The van der Waals surface area contributed by atoms with Gasteiger partial charge in [-0.2, -0.15) is 4.98 Å². The van der Waals surface area contributed by atoms with Gasteiger partial charge in [-0.1, -0.05) is 11.6 Å². The molecule has 168 valence electrons. The zero-order valence-electron chi connectivity index (χ0n) is 17.4. The van der Waals surface area contributed by atoms with Gasteiger partial charge in [0.15, 0.2) is 17.9 Å². The predicted octanol–water partition coefficient (Wildman–Crippen LogP) is 3.80. The van der Waals surface area contributed by atoms with Crippen molar-refractivity contribution in [3.8, 4) is 17.2 Å². The number of oxazole rings is 1. The van der Waals surface area contributed by atoms with Crippen molar-refractivity contribution in [2.75, 3.05) is 37.7 Å². The maximum atomic E-state index is 13.2. The summed E-state index contributed by atoms with van der Waals surface area (Å²) in [6, 6.07) is 12.8. The third kappa shape index (κ3) is 4.58. The van der Waals surface area contributed by atoms with Crippen molar-refractivity contribution in [1.29, 1.82) is 0 Å². The third-order valence-corrected chi connectivity index (χ3v) is 5.63. The van der Waals surface area contributed by atoms with Crippen molar-refractivity contribution in [3.05, 3.63) is 65.7 Å². The number of halogens is 2. The predicted molar refractivity (Wildman–Crippen MR) is 121 cm³/mol. The molecule has 0 unspecified atom stereocenters. The molecule has 0 aliphatic carbocycles. The molecule has 2 aromatic carbocycles. The fourth-order valence-electron chi connectivity index (χ4n) is 3.62. The maximum absolute atomic E-state index is 13.2. The Hall–Kier alpha value is -3.72. The van der Waals surface area contributed by atoms with Crippen molar-refractivity contribution in [2.24, 2.45) is 0 Å². The molecule has 0 N–H and O–H groups in total. The van der Waals surface area contributed by atoms with Gasteiger partial charge in [-0.3, -0.25) is 4.79 Å². The number of hydrogen-bond acceptors (Lipinski definition) is 7. The summed E-state index contributed by atoms with van der Waals surface area (Å²) in [5.41, 5.74) is 1.54.